The number of nitrogens with one attached hydrogen (secondary N) is 1. The van der Waals surface area contributed by atoms with E-state index >= 15 is 0 Å². The lowest BCUT2D eigenvalue weighted by Gasteiger charge is -2.20. The Morgan fingerprint density at radius 2 is 2.40 bits per heavy atom. The van der Waals surface area contributed by atoms with Gasteiger partial charge in [0.1, 0.15) is 6.54 Å². The highest BCUT2D eigenvalue weighted by molar-refractivity contribution is 5.82. The molecule has 1 saturated heterocycles. The molecule has 1 atom stereocenters. The number of terminal acetylenes is 1. The average Bonchev–Trinajstić information content (AvgIpc) is 2.73. The molecular formula is C10H14N2O3. The first-order chi connectivity index (χ1) is 7.19. The molecule has 0 saturated carbocycles. The van der Waals surface area contributed by atoms with E-state index < -0.39 is 6.09 Å². The Morgan fingerprint density at radius 3 is 3.00 bits per heavy atom. The van der Waals surface area contributed by atoms with E-state index in [1.807, 2.05) is 0 Å². The predicted octanol–water partition coefficient (Wildman–Crippen LogP) is -0.0334. The van der Waals surface area contributed by atoms with E-state index in [1.54, 1.807) is 4.90 Å². The van der Waals surface area contributed by atoms with Crippen molar-refractivity contribution in [3.8, 4) is 12.3 Å². The highest BCUT2D eigenvalue weighted by Crippen LogP contribution is 2.15. The van der Waals surface area contributed by atoms with Gasteiger partial charge in [-0.05, 0) is 12.8 Å². The van der Waals surface area contributed by atoms with Crippen LogP contribution in [0.15, 0.2) is 0 Å². The maximum atomic E-state index is 11.6. The van der Waals surface area contributed by atoms with Crippen LogP contribution in [-0.4, -0.2) is 43.1 Å². The Labute approximate surface area is 88.8 Å². The number of likely N-dealkylation sites (tertiary alicyclic amines) is 1. The molecule has 0 spiro atoms. The van der Waals surface area contributed by atoms with Crippen molar-refractivity contribution in [2.45, 2.75) is 18.9 Å². The van der Waals surface area contributed by atoms with Gasteiger partial charge in [0.25, 0.3) is 0 Å². The van der Waals surface area contributed by atoms with Crippen molar-refractivity contribution in [1.29, 1.82) is 0 Å². The predicted molar refractivity (Wildman–Crippen MR) is 54.0 cm³/mol. The van der Waals surface area contributed by atoms with Gasteiger partial charge >= 0.3 is 6.09 Å². The van der Waals surface area contributed by atoms with Crippen molar-refractivity contribution in [3.05, 3.63) is 0 Å². The summed E-state index contributed by atoms with van der Waals surface area (Å²) in [5.74, 6) is 2.39. The molecule has 1 N–H and O–H groups in total. The Bertz CT molecular complexity index is 296. The number of carbonyl (C=O) groups excluding carboxylic acids is 2. The summed E-state index contributed by atoms with van der Waals surface area (Å²) >= 11 is 0. The monoisotopic (exact) mass is 210 g/mol. The van der Waals surface area contributed by atoms with Gasteiger partial charge in [0.05, 0.1) is 13.2 Å². The fourth-order valence-corrected chi connectivity index (χ4v) is 1.56. The van der Waals surface area contributed by atoms with Crippen LogP contribution < -0.4 is 5.32 Å². The maximum Gasteiger partial charge on any atom is 0.407 e. The van der Waals surface area contributed by atoms with Crippen molar-refractivity contribution < 1.29 is 14.3 Å². The summed E-state index contributed by atoms with van der Waals surface area (Å²) in [4.78, 5) is 23.9. The van der Waals surface area contributed by atoms with E-state index in [0.29, 0.717) is 6.54 Å². The summed E-state index contributed by atoms with van der Waals surface area (Å²) in [5.41, 5.74) is 0. The summed E-state index contributed by atoms with van der Waals surface area (Å²) in [6.45, 7) is 0.599. The van der Waals surface area contributed by atoms with Gasteiger partial charge in [-0.25, -0.2) is 4.79 Å². The van der Waals surface area contributed by atoms with Crippen LogP contribution in [0.5, 0.6) is 0 Å². The van der Waals surface area contributed by atoms with Gasteiger partial charge in [0.2, 0.25) is 5.91 Å². The second-order valence-electron chi connectivity index (χ2n) is 3.26. The van der Waals surface area contributed by atoms with Gasteiger partial charge in [0, 0.05) is 6.54 Å². The van der Waals surface area contributed by atoms with Crippen LogP contribution in [0.2, 0.25) is 0 Å². The van der Waals surface area contributed by atoms with Crippen molar-refractivity contribution in [3.63, 3.8) is 0 Å². The molecule has 1 heterocycles. The van der Waals surface area contributed by atoms with E-state index in [-0.39, 0.29) is 18.5 Å². The molecule has 0 radical (unpaired) electrons. The molecule has 0 aromatic carbocycles. The maximum absolute atomic E-state index is 11.6. The first-order valence-electron chi connectivity index (χ1n) is 4.76. The molecule has 0 bridgehead atoms. The number of ether oxygens (including phenoxy) is 1. The van der Waals surface area contributed by atoms with Crippen molar-refractivity contribution in [1.82, 2.24) is 10.2 Å². The summed E-state index contributed by atoms with van der Waals surface area (Å²) in [7, 11) is 1.25. The van der Waals surface area contributed by atoms with E-state index in [4.69, 9.17) is 6.42 Å². The number of methoxy groups -OCH3 is 1. The number of hydrogen-bond acceptors (Lipinski definition) is 3. The molecule has 0 aromatic heterocycles. The third-order valence-corrected chi connectivity index (χ3v) is 2.33. The number of nitrogens with zero attached hydrogens (tertiary/aromatic N) is 1. The highest BCUT2D eigenvalue weighted by atomic mass is 16.5. The van der Waals surface area contributed by atoms with Gasteiger partial charge < -0.3 is 15.0 Å². The molecule has 2 amide bonds. The minimum Gasteiger partial charge on any atom is -0.453 e. The topological polar surface area (TPSA) is 58.6 Å². The molecule has 0 aromatic rings. The smallest absolute Gasteiger partial charge is 0.407 e. The minimum atomic E-state index is -0.611. The zero-order valence-electron chi connectivity index (χ0n) is 8.66. The lowest BCUT2D eigenvalue weighted by Crippen LogP contribution is -2.42. The SMILES string of the molecule is C#C[C@@H]1CCCN1C(=O)CNC(=O)OC. The highest BCUT2D eigenvalue weighted by Gasteiger charge is 2.26. The fraction of sp³-hybridized carbons (Fsp3) is 0.600. The summed E-state index contributed by atoms with van der Waals surface area (Å²) in [6, 6.07) is -0.128. The number of hydrogen-bond donors (Lipinski definition) is 1. The molecule has 82 valence electrons. The van der Waals surface area contributed by atoms with Crippen LogP contribution in [0.3, 0.4) is 0 Å². The Kier molecular flexibility index (Phi) is 3.98. The molecule has 0 aliphatic carbocycles. The standard InChI is InChI=1S/C10H14N2O3/c1-3-8-5-4-6-12(8)9(13)7-11-10(14)15-2/h1,8H,4-7H2,2H3,(H,11,14)/t8-/m1/s1. The zero-order chi connectivity index (χ0) is 11.3. The molecule has 1 aliphatic heterocycles. The Balaban J connectivity index is 2.40. The molecular weight excluding hydrogens is 196 g/mol. The number of amides is 2. The van der Waals surface area contributed by atoms with Gasteiger partial charge in [-0.15, -0.1) is 6.42 Å². The van der Waals surface area contributed by atoms with Crippen molar-refractivity contribution in [2.24, 2.45) is 0 Å². The van der Waals surface area contributed by atoms with Crippen LogP contribution in [0.25, 0.3) is 0 Å². The summed E-state index contributed by atoms with van der Waals surface area (Å²) < 4.78 is 4.36. The molecule has 1 aliphatic rings. The number of alkyl carbamates (subject to hydrolysis) is 1. The third-order valence-electron chi connectivity index (χ3n) is 2.33. The average molecular weight is 210 g/mol. The van der Waals surface area contributed by atoms with Gasteiger partial charge in [-0.2, -0.15) is 0 Å². The van der Waals surface area contributed by atoms with Crippen LogP contribution in [0.1, 0.15) is 12.8 Å². The normalized spacial score (nSPS) is 19.5. The Hall–Kier alpha value is -1.70. The molecule has 15 heavy (non-hydrogen) atoms. The largest absolute Gasteiger partial charge is 0.453 e. The molecule has 5 nitrogen and oxygen atoms in total. The first-order valence-corrected chi connectivity index (χ1v) is 4.76. The lowest BCUT2D eigenvalue weighted by molar-refractivity contribution is -0.130. The van der Waals surface area contributed by atoms with E-state index in [9.17, 15) is 9.59 Å². The van der Waals surface area contributed by atoms with Crippen molar-refractivity contribution >= 4 is 12.0 Å². The van der Waals surface area contributed by atoms with Crippen molar-refractivity contribution in [2.75, 3.05) is 20.2 Å². The minimum absolute atomic E-state index is 0.0646. The first kappa shape index (κ1) is 11.4. The summed E-state index contributed by atoms with van der Waals surface area (Å²) in [6.07, 6.45) is 6.43. The molecule has 1 rings (SSSR count). The van der Waals surface area contributed by atoms with E-state index in [0.717, 1.165) is 12.8 Å². The molecule has 0 unspecified atom stereocenters. The van der Waals surface area contributed by atoms with E-state index in [1.165, 1.54) is 7.11 Å². The summed E-state index contributed by atoms with van der Waals surface area (Å²) in [5, 5.41) is 2.33. The second kappa shape index (κ2) is 5.25. The number of rotatable bonds is 2. The molecule has 5 heteroatoms. The molecule has 1 fully saturated rings. The third kappa shape index (κ3) is 2.88. The van der Waals surface area contributed by atoms with E-state index in [2.05, 4.69) is 16.0 Å². The van der Waals surface area contributed by atoms with Crippen LogP contribution >= 0.6 is 0 Å². The fourth-order valence-electron chi connectivity index (χ4n) is 1.56. The van der Waals surface area contributed by atoms with Crippen LogP contribution in [-0.2, 0) is 9.53 Å². The van der Waals surface area contributed by atoms with Gasteiger partial charge in [0.15, 0.2) is 0 Å². The quantitative estimate of drug-likeness (QED) is 0.651. The van der Waals surface area contributed by atoms with Gasteiger partial charge in [-0.3, -0.25) is 4.79 Å². The second-order valence-corrected chi connectivity index (χ2v) is 3.26. The Morgan fingerprint density at radius 1 is 1.67 bits per heavy atom. The van der Waals surface area contributed by atoms with Gasteiger partial charge in [-0.1, -0.05) is 5.92 Å². The zero-order valence-corrected chi connectivity index (χ0v) is 8.66. The van der Waals surface area contributed by atoms with Crippen LogP contribution in [0.4, 0.5) is 4.79 Å². The van der Waals surface area contributed by atoms with Crippen LogP contribution in [0, 0.1) is 12.3 Å². The number of carbonyl (C=O) groups is 2. The lowest BCUT2D eigenvalue weighted by atomic mass is 10.2.